The van der Waals surface area contributed by atoms with Crippen LogP contribution in [0.1, 0.15) is 15.9 Å². The van der Waals surface area contributed by atoms with Crippen molar-refractivity contribution in [3.8, 4) is 0 Å². The fourth-order valence-corrected chi connectivity index (χ4v) is 1.79. The van der Waals surface area contributed by atoms with Crippen molar-refractivity contribution >= 4 is 21.8 Å². The van der Waals surface area contributed by atoms with E-state index >= 15 is 0 Å². The molecule has 1 unspecified atom stereocenters. The van der Waals surface area contributed by atoms with Gasteiger partial charge in [-0.05, 0) is 18.2 Å². The fraction of sp³-hybridized carbons (Fsp3) is 0.222. The molecule has 0 radical (unpaired) electrons. The van der Waals surface area contributed by atoms with Gasteiger partial charge in [0, 0.05) is 15.6 Å². The summed E-state index contributed by atoms with van der Waals surface area (Å²) in [5, 5.41) is 10.8. The van der Waals surface area contributed by atoms with Crippen LogP contribution in [0.3, 0.4) is 0 Å². The summed E-state index contributed by atoms with van der Waals surface area (Å²) in [5.41, 5.74) is -0.582. The lowest BCUT2D eigenvalue weighted by Crippen LogP contribution is -2.51. The van der Waals surface area contributed by atoms with Crippen LogP contribution in [-0.2, 0) is 5.92 Å². The molecule has 15 heavy (non-hydrogen) atoms. The van der Waals surface area contributed by atoms with Gasteiger partial charge >= 0.3 is 5.92 Å². The Morgan fingerprint density at radius 2 is 2.13 bits per heavy atom. The molecule has 1 aromatic rings. The Hall–Kier alpha value is -1.01. The molecule has 0 aromatic heterocycles. The van der Waals surface area contributed by atoms with Crippen molar-refractivity contribution in [1.82, 2.24) is 5.32 Å². The van der Waals surface area contributed by atoms with Crippen molar-refractivity contribution in [2.24, 2.45) is 0 Å². The van der Waals surface area contributed by atoms with Gasteiger partial charge < -0.3 is 10.4 Å². The monoisotopic (exact) mass is 277 g/mol. The van der Waals surface area contributed by atoms with Crippen molar-refractivity contribution in [2.75, 3.05) is 0 Å². The molecule has 80 valence electrons. The zero-order valence-electron chi connectivity index (χ0n) is 7.30. The molecule has 2 rings (SSSR count). The van der Waals surface area contributed by atoms with Gasteiger partial charge in [-0.1, -0.05) is 15.9 Å². The molecule has 1 heterocycles. The Labute approximate surface area is 92.2 Å². The number of aliphatic hydroxyl groups is 1. The van der Waals surface area contributed by atoms with Gasteiger partial charge in [0.2, 0.25) is 0 Å². The van der Waals surface area contributed by atoms with Crippen LogP contribution in [0.2, 0.25) is 0 Å². The second-order valence-corrected chi connectivity index (χ2v) is 4.10. The van der Waals surface area contributed by atoms with E-state index in [0.29, 0.717) is 4.47 Å². The predicted molar refractivity (Wildman–Crippen MR) is 51.5 cm³/mol. The van der Waals surface area contributed by atoms with Crippen LogP contribution >= 0.6 is 15.9 Å². The maximum absolute atomic E-state index is 13.5. The number of hydrogen-bond acceptors (Lipinski definition) is 2. The van der Waals surface area contributed by atoms with Crippen LogP contribution in [0.5, 0.6) is 0 Å². The normalized spacial score (nSPS) is 23.2. The molecular weight excluding hydrogens is 272 g/mol. The first-order chi connectivity index (χ1) is 6.93. The third-order valence-corrected chi connectivity index (χ3v) is 2.69. The van der Waals surface area contributed by atoms with E-state index in [1.54, 1.807) is 5.32 Å². The highest BCUT2D eigenvalue weighted by Gasteiger charge is 2.47. The van der Waals surface area contributed by atoms with E-state index in [-0.39, 0.29) is 5.56 Å². The van der Waals surface area contributed by atoms with Crippen LogP contribution in [0, 0.1) is 0 Å². The van der Waals surface area contributed by atoms with Gasteiger partial charge in [0.25, 0.3) is 5.91 Å². The number of amides is 1. The van der Waals surface area contributed by atoms with Gasteiger partial charge in [-0.3, -0.25) is 4.79 Å². The average Bonchev–Trinajstić information content (AvgIpc) is 2.15. The maximum Gasteiger partial charge on any atom is 0.317 e. The predicted octanol–water partition coefficient (Wildman–Crippen LogP) is 1.60. The van der Waals surface area contributed by atoms with Gasteiger partial charge in [-0.15, -0.1) is 0 Å². The molecule has 0 bridgehead atoms. The number of carbonyl (C=O) groups is 1. The number of nitrogens with one attached hydrogen (secondary N) is 1. The molecule has 6 heteroatoms. The summed E-state index contributed by atoms with van der Waals surface area (Å²) in [4.78, 5) is 11.3. The van der Waals surface area contributed by atoms with E-state index in [1.165, 1.54) is 12.1 Å². The Morgan fingerprint density at radius 3 is 2.80 bits per heavy atom. The summed E-state index contributed by atoms with van der Waals surface area (Å²) in [5.74, 6) is -4.16. The Kier molecular flexibility index (Phi) is 2.27. The number of benzene rings is 1. The molecule has 1 aliphatic rings. The standard InChI is InChI=1S/C9H6BrF2NO2/c10-4-1-2-5-6(3-4)9(11,12)8(15)13-7(5)14/h1-3,8,15H,(H,13,14). The minimum absolute atomic E-state index is 0.117. The minimum Gasteiger partial charge on any atom is -0.368 e. The van der Waals surface area contributed by atoms with E-state index in [9.17, 15) is 13.6 Å². The molecule has 0 fully saturated rings. The van der Waals surface area contributed by atoms with Gasteiger partial charge in [-0.2, -0.15) is 8.78 Å². The van der Waals surface area contributed by atoms with Crippen LogP contribution in [0.15, 0.2) is 22.7 Å². The number of carbonyl (C=O) groups excluding carboxylic acids is 1. The van der Waals surface area contributed by atoms with Crippen molar-refractivity contribution in [3.05, 3.63) is 33.8 Å². The average molecular weight is 278 g/mol. The van der Waals surface area contributed by atoms with Crippen LogP contribution in [0.4, 0.5) is 8.78 Å². The smallest absolute Gasteiger partial charge is 0.317 e. The number of alkyl halides is 2. The third-order valence-electron chi connectivity index (χ3n) is 2.20. The quantitative estimate of drug-likeness (QED) is 0.757. The number of aliphatic hydroxyl groups excluding tert-OH is 1. The summed E-state index contributed by atoms with van der Waals surface area (Å²) in [6.07, 6.45) is -2.17. The number of halogens is 3. The fourth-order valence-electron chi connectivity index (χ4n) is 1.43. The van der Waals surface area contributed by atoms with Gasteiger partial charge in [0.15, 0.2) is 6.23 Å². The largest absolute Gasteiger partial charge is 0.368 e. The molecule has 0 saturated heterocycles. The first kappa shape index (κ1) is 10.5. The maximum atomic E-state index is 13.5. The molecule has 0 spiro atoms. The summed E-state index contributed by atoms with van der Waals surface area (Å²) in [6, 6.07) is 3.91. The Bertz CT molecular complexity index is 436. The van der Waals surface area contributed by atoms with Gasteiger partial charge in [0.05, 0.1) is 0 Å². The van der Waals surface area contributed by atoms with Crippen LogP contribution in [0.25, 0.3) is 0 Å². The van der Waals surface area contributed by atoms with Crippen molar-refractivity contribution in [3.63, 3.8) is 0 Å². The Morgan fingerprint density at radius 1 is 1.47 bits per heavy atom. The summed E-state index contributed by atoms with van der Waals surface area (Å²) >= 11 is 3.04. The minimum atomic E-state index is -3.47. The first-order valence-electron chi connectivity index (χ1n) is 4.09. The van der Waals surface area contributed by atoms with E-state index in [0.717, 1.165) is 6.07 Å². The molecule has 1 aromatic carbocycles. The SMILES string of the molecule is O=C1NC(O)C(F)(F)c2cc(Br)ccc21. The summed E-state index contributed by atoms with van der Waals surface area (Å²) in [7, 11) is 0. The van der Waals surface area contributed by atoms with Crippen LogP contribution < -0.4 is 5.32 Å². The van der Waals surface area contributed by atoms with Crippen molar-refractivity contribution in [1.29, 1.82) is 0 Å². The molecule has 1 atom stereocenters. The molecular formula is C9H6BrF2NO2. The molecule has 1 amide bonds. The van der Waals surface area contributed by atoms with Crippen LogP contribution in [-0.4, -0.2) is 17.2 Å². The number of hydrogen-bond donors (Lipinski definition) is 2. The van der Waals surface area contributed by atoms with E-state index in [4.69, 9.17) is 5.11 Å². The lowest BCUT2D eigenvalue weighted by atomic mass is 9.96. The molecule has 0 saturated carbocycles. The molecule has 2 N–H and O–H groups in total. The second kappa shape index (κ2) is 3.24. The second-order valence-electron chi connectivity index (χ2n) is 3.19. The number of fused-ring (bicyclic) bond motifs is 1. The highest BCUT2D eigenvalue weighted by atomic mass is 79.9. The van der Waals surface area contributed by atoms with E-state index < -0.39 is 23.6 Å². The molecule has 1 aliphatic heterocycles. The molecule has 3 nitrogen and oxygen atoms in total. The van der Waals surface area contributed by atoms with E-state index in [2.05, 4.69) is 15.9 Å². The highest BCUT2D eigenvalue weighted by molar-refractivity contribution is 9.10. The van der Waals surface area contributed by atoms with Crippen molar-refractivity contribution < 1.29 is 18.7 Å². The van der Waals surface area contributed by atoms with Gasteiger partial charge in [-0.25, -0.2) is 0 Å². The third kappa shape index (κ3) is 1.53. The van der Waals surface area contributed by atoms with E-state index in [1.807, 2.05) is 0 Å². The van der Waals surface area contributed by atoms with Crippen molar-refractivity contribution in [2.45, 2.75) is 12.2 Å². The lowest BCUT2D eigenvalue weighted by molar-refractivity contribution is -0.128. The lowest BCUT2D eigenvalue weighted by Gasteiger charge is -2.30. The summed E-state index contributed by atoms with van der Waals surface area (Å²) < 4.78 is 27.4. The zero-order chi connectivity index (χ0) is 11.2. The van der Waals surface area contributed by atoms with Gasteiger partial charge in [0.1, 0.15) is 0 Å². The highest BCUT2D eigenvalue weighted by Crippen LogP contribution is 2.37. The Balaban J connectivity index is 2.66. The summed E-state index contributed by atoms with van der Waals surface area (Å²) in [6.45, 7) is 0. The molecule has 0 aliphatic carbocycles. The topological polar surface area (TPSA) is 49.3 Å². The first-order valence-corrected chi connectivity index (χ1v) is 4.89. The number of rotatable bonds is 0. The zero-order valence-corrected chi connectivity index (χ0v) is 8.88.